The first-order chi connectivity index (χ1) is 8.54. The van der Waals surface area contributed by atoms with Crippen LogP contribution in [0.15, 0.2) is 18.3 Å². The van der Waals surface area contributed by atoms with Crippen LogP contribution in [-0.2, 0) is 4.79 Å². The minimum absolute atomic E-state index is 0.0448. The number of methoxy groups -OCH3 is 1. The molecule has 96 valence electrons. The molecule has 0 saturated carbocycles. The van der Waals surface area contributed by atoms with E-state index in [0.29, 0.717) is 5.56 Å². The third kappa shape index (κ3) is 2.90. The van der Waals surface area contributed by atoms with Gasteiger partial charge in [-0.1, -0.05) is 0 Å². The van der Waals surface area contributed by atoms with Gasteiger partial charge in [0, 0.05) is 11.8 Å². The van der Waals surface area contributed by atoms with Crippen molar-refractivity contribution in [2.75, 3.05) is 7.11 Å². The van der Waals surface area contributed by atoms with Gasteiger partial charge in [-0.2, -0.15) is 0 Å². The Bertz CT molecular complexity index is 575. The van der Waals surface area contributed by atoms with E-state index in [1.165, 1.54) is 0 Å². The number of benzene rings is 1. The Balaban J connectivity index is 0.000000492. The first-order valence-electron chi connectivity index (χ1n) is 5.25. The number of ether oxygens (including phenoxy) is 1. The average Bonchev–Trinajstić information content (AvgIpc) is 2.72. The van der Waals surface area contributed by atoms with Gasteiger partial charge in [0.05, 0.1) is 18.0 Å². The van der Waals surface area contributed by atoms with E-state index in [4.69, 9.17) is 9.53 Å². The Morgan fingerprint density at radius 1 is 1.44 bits per heavy atom. The molecule has 0 radical (unpaired) electrons. The van der Waals surface area contributed by atoms with E-state index >= 15 is 0 Å². The van der Waals surface area contributed by atoms with Crippen LogP contribution in [0.2, 0.25) is 0 Å². The molecule has 0 bridgehead atoms. The van der Waals surface area contributed by atoms with Gasteiger partial charge < -0.3 is 9.72 Å². The van der Waals surface area contributed by atoms with E-state index in [-0.39, 0.29) is 11.5 Å². The summed E-state index contributed by atoms with van der Waals surface area (Å²) in [6.07, 6.45) is 1.73. The van der Waals surface area contributed by atoms with E-state index in [1.54, 1.807) is 20.2 Å². The van der Waals surface area contributed by atoms with Crippen molar-refractivity contribution in [1.82, 2.24) is 4.98 Å². The van der Waals surface area contributed by atoms with E-state index < -0.39 is 0 Å². The van der Waals surface area contributed by atoms with Crippen molar-refractivity contribution in [3.8, 4) is 5.75 Å². The van der Waals surface area contributed by atoms with Gasteiger partial charge in [0.1, 0.15) is 5.75 Å². The van der Waals surface area contributed by atoms with Crippen LogP contribution >= 0.6 is 11.6 Å². The van der Waals surface area contributed by atoms with Gasteiger partial charge in [-0.15, -0.1) is 0 Å². The van der Waals surface area contributed by atoms with Crippen molar-refractivity contribution in [3.63, 3.8) is 0 Å². The molecule has 0 amide bonds. The SMILES string of the molecule is COc1cc(C)cc2[nH]cc(C(C)=O)c12.O=CCl. The third-order valence-corrected chi connectivity index (χ3v) is 2.49. The number of H-pyrrole nitrogens is 1. The lowest BCUT2D eigenvalue weighted by molar-refractivity contribution is 0.101. The second-order valence-electron chi connectivity index (χ2n) is 3.74. The van der Waals surface area contributed by atoms with Gasteiger partial charge >= 0.3 is 0 Å². The summed E-state index contributed by atoms with van der Waals surface area (Å²) in [6, 6.07) is 3.94. The van der Waals surface area contributed by atoms with Crippen molar-refractivity contribution in [1.29, 1.82) is 0 Å². The number of nitrogens with one attached hydrogen (secondary N) is 1. The quantitative estimate of drug-likeness (QED) is 0.517. The van der Waals surface area contributed by atoms with Crippen LogP contribution in [0.5, 0.6) is 5.75 Å². The predicted octanol–water partition coefficient (Wildman–Crippen LogP) is 3.10. The number of carbonyl (C=O) groups is 2. The number of rotatable bonds is 2. The average molecular weight is 268 g/mol. The van der Waals surface area contributed by atoms with E-state index in [1.807, 2.05) is 19.1 Å². The summed E-state index contributed by atoms with van der Waals surface area (Å²) >= 11 is 4.32. The lowest BCUT2D eigenvalue weighted by Crippen LogP contribution is -1.92. The second-order valence-corrected chi connectivity index (χ2v) is 3.92. The zero-order chi connectivity index (χ0) is 13.7. The summed E-state index contributed by atoms with van der Waals surface area (Å²) in [5.41, 5.74) is 2.73. The third-order valence-electron chi connectivity index (χ3n) is 2.49. The summed E-state index contributed by atoms with van der Waals surface area (Å²) in [5, 5.41) is 0.871. The van der Waals surface area contributed by atoms with Gasteiger partial charge in [-0.05, 0) is 43.1 Å². The molecule has 4 nitrogen and oxygen atoms in total. The number of hydrogen-bond donors (Lipinski definition) is 1. The fourth-order valence-corrected chi connectivity index (χ4v) is 1.81. The highest BCUT2D eigenvalue weighted by molar-refractivity contribution is 6.54. The van der Waals surface area contributed by atoms with E-state index in [9.17, 15) is 4.79 Å². The zero-order valence-corrected chi connectivity index (χ0v) is 11.2. The molecule has 0 saturated heterocycles. The fraction of sp³-hybridized carbons (Fsp3) is 0.231. The standard InChI is InChI=1S/C12H13NO2.CHClO/c1-7-4-10-12(11(5-7)15-3)9(6-13-10)8(2)14;2-1-3/h4-6,13H,1-3H3;1H. The maximum Gasteiger partial charge on any atom is 0.208 e. The Labute approximate surface area is 110 Å². The van der Waals surface area contributed by atoms with Crippen LogP contribution in [-0.4, -0.2) is 23.6 Å². The number of halogens is 1. The predicted molar refractivity (Wildman–Crippen MR) is 72.2 cm³/mol. The second kappa shape index (κ2) is 6.21. The number of aryl methyl sites for hydroxylation is 1. The van der Waals surface area contributed by atoms with Gasteiger partial charge in [-0.3, -0.25) is 9.59 Å². The Hall–Kier alpha value is -1.81. The van der Waals surface area contributed by atoms with Crippen LogP contribution in [0.4, 0.5) is 0 Å². The molecule has 0 unspecified atom stereocenters. The number of Topliss-reactive ketones (excluding diaryl/α,β-unsaturated/α-hetero) is 1. The highest BCUT2D eigenvalue weighted by Gasteiger charge is 2.12. The highest BCUT2D eigenvalue weighted by atomic mass is 35.5. The molecule has 5 heteroatoms. The molecule has 1 N–H and O–H groups in total. The number of ketones is 1. The fourth-order valence-electron chi connectivity index (χ4n) is 1.81. The molecule has 0 aliphatic heterocycles. The summed E-state index contributed by atoms with van der Waals surface area (Å²) in [7, 11) is 1.62. The van der Waals surface area contributed by atoms with Crippen LogP contribution in [0.1, 0.15) is 22.8 Å². The van der Waals surface area contributed by atoms with Crippen LogP contribution < -0.4 is 4.74 Å². The summed E-state index contributed by atoms with van der Waals surface area (Å²) in [4.78, 5) is 23.1. The Morgan fingerprint density at radius 3 is 2.56 bits per heavy atom. The number of aromatic amines is 1. The first kappa shape index (κ1) is 14.3. The molecule has 2 aromatic rings. The molecule has 0 atom stereocenters. The number of hydrogen-bond acceptors (Lipinski definition) is 3. The minimum Gasteiger partial charge on any atom is -0.496 e. The minimum atomic E-state index is 0.0448. The lowest BCUT2D eigenvalue weighted by atomic mass is 10.1. The van der Waals surface area contributed by atoms with Crippen LogP contribution in [0.3, 0.4) is 0 Å². The highest BCUT2D eigenvalue weighted by Crippen LogP contribution is 2.30. The Kier molecular flexibility index (Phi) is 4.92. The maximum atomic E-state index is 11.4. The van der Waals surface area contributed by atoms with E-state index in [0.717, 1.165) is 22.2 Å². The lowest BCUT2D eigenvalue weighted by Gasteiger charge is -2.04. The van der Waals surface area contributed by atoms with Crippen LogP contribution in [0, 0.1) is 6.92 Å². The molecule has 1 aromatic heterocycles. The monoisotopic (exact) mass is 267 g/mol. The van der Waals surface area contributed by atoms with Gasteiger partial charge in [0.25, 0.3) is 0 Å². The maximum absolute atomic E-state index is 11.4. The van der Waals surface area contributed by atoms with Crippen molar-refractivity contribution < 1.29 is 14.3 Å². The summed E-state index contributed by atoms with van der Waals surface area (Å²) in [5.74, 6) is 1.01. The molecule has 0 aliphatic carbocycles. The van der Waals surface area contributed by atoms with Crippen molar-refractivity contribution >= 4 is 34.0 Å². The summed E-state index contributed by atoms with van der Waals surface area (Å²) in [6.45, 7) is 3.55. The molecule has 1 heterocycles. The number of aromatic nitrogens is 1. The Morgan fingerprint density at radius 2 is 2.06 bits per heavy atom. The normalized spacial score (nSPS) is 9.56. The van der Waals surface area contributed by atoms with Crippen LogP contribution in [0.25, 0.3) is 10.9 Å². The first-order valence-corrected chi connectivity index (χ1v) is 5.69. The molecule has 18 heavy (non-hydrogen) atoms. The van der Waals surface area contributed by atoms with Gasteiger partial charge in [0.2, 0.25) is 5.75 Å². The topological polar surface area (TPSA) is 59.2 Å². The number of fused-ring (bicyclic) bond motifs is 1. The molecular weight excluding hydrogens is 254 g/mol. The molecule has 2 rings (SSSR count). The summed E-state index contributed by atoms with van der Waals surface area (Å²) < 4.78 is 5.29. The molecular formula is C13H14ClNO3. The van der Waals surface area contributed by atoms with E-state index in [2.05, 4.69) is 16.6 Å². The van der Waals surface area contributed by atoms with Crippen molar-refractivity contribution in [2.24, 2.45) is 0 Å². The van der Waals surface area contributed by atoms with Gasteiger partial charge in [0.15, 0.2) is 5.78 Å². The van der Waals surface area contributed by atoms with Crippen molar-refractivity contribution in [2.45, 2.75) is 13.8 Å². The molecule has 1 aromatic carbocycles. The smallest absolute Gasteiger partial charge is 0.208 e. The molecule has 0 aliphatic rings. The van der Waals surface area contributed by atoms with Gasteiger partial charge in [-0.25, -0.2) is 0 Å². The largest absolute Gasteiger partial charge is 0.496 e. The molecule has 0 spiro atoms. The number of carbonyl (C=O) groups excluding carboxylic acids is 2. The van der Waals surface area contributed by atoms with Crippen molar-refractivity contribution in [3.05, 3.63) is 29.5 Å². The zero-order valence-electron chi connectivity index (χ0n) is 10.4. The molecule has 0 fully saturated rings.